The van der Waals surface area contributed by atoms with E-state index in [2.05, 4.69) is 11.1 Å². The summed E-state index contributed by atoms with van der Waals surface area (Å²) in [5, 5.41) is 0. The number of amides is 1. The second-order valence-corrected chi connectivity index (χ2v) is 6.05. The maximum Gasteiger partial charge on any atom is 0.260 e. The fraction of sp³-hybridized carbons (Fsp3) is 0.333. The molecule has 1 fully saturated rings. The first-order valence-electron chi connectivity index (χ1n) is 7.87. The number of benzene rings is 1. The third-order valence-corrected chi connectivity index (χ3v) is 4.52. The molecule has 0 radical (unpaired) electrons. The maximum atomic E-state index is 13.0. The lowest BCUT2D eigenvalue weighted by molar-refractivity contribution is 0.0988. The highest BCUT2D eigenvalue weighted by Crippen LogP contribution is 2.41. The molecule has 4 heteroatoms. The number of rotatable bonds is 3. The monoisotopic (exact) mass is 293 g/mol. The molecule has 1 aliphatic heterocycles. The van der Waals surface area contributed by atoms with Crippen LogP contribution in [0, 0.1) is 0 Å². The second-order valence-electron chi connectivity index (χ2n) is 6.05. The quantitative estimate of drug-likeness (QED) is 0.946. The molecular weight excluding hydrogens is 274 g/mol. The average Bonchev–Trinajstić information content (AvgIpc) is 3.33. The van der Waals surface area contributed by atoms with Gasteiger partial charge in [-0.2, -0.15) is 0 Å². The first-order valence-corrected chi connectivity index (χ1v) is 7.87. The molecule has 2 aromatic rings. The molecule has 4 rings (SSSR count). The van der Waals surface area contributed by atoms with E-state index in [1.54, 1.807) is 0 Å². The van der Waals surface area contributed by atoms with Gasteiger partial charge in [0.25, 0.3) is 5.91 Å². The molecule has 0 saturated heterocycles. The summed E-state index contributed by atoms with van der Waals surface area (Å²) in [4.78, 5) is 19.5. The number of nitrogens with zero attached hydrogens (tertiary/aromatic N) is 2. The lowest BCUT2D eigenvalue weighted by Gasteiger charge is -2.19. The molecule has 0 bridgehead atoms. The molecular formula is C18H19N3O. The van der Waals surface area contributed by atoms with Crippen LogP contribution in [0.2, 0.25) is 0 Å². The van der Waals surface area contributed by atoms with Gasteiger partial charge in [-0.3, -0.25) is 9.78 Å². The molecule has 1 aliphatic carbocycles. The SMILES string of the molecule is NCc1ccc(C(=O)N2CCc3ccccc32)c(C2CC2)n1. The summed E-state index contributed by atoms with van der Waals surface area (Å²) in [6.07, 6.45) is 3.17. The molecule has 1 saturated carbocycles. The maximum absolute atomic E-state index is 13.0. The van der Waals surface area contributed by atoms with E-state index >= 15 is 0 Å². The minimum atomic E-state index is 0.0721. The number of carbonyl (C=O) groups is 1. The van der Waals surface area contributed by atoms with Gasteiger partial charge in [0, 0.05) is 24.7 Å². The zero-order valence-electron chi connectivity index (χ0n) is 12.5. The summed E-state index contributed by atoms with van der Waals surface area (Å²) in [6.45, 7) is 1.17. The van der Waals surface area contributed by atoms with Crippen molar-refractivity contribution in [3.05, 3.63) is 58.9 Å². The lowest BCUT2D eigenvalue weighted by atomic mass is 10.1. The zero-order chi connectivity index (χ0) is 15.1. The van der Waals surface area contributed by atoms with Crippen LogP contribution >= 0.6 is 0 Å². The van der Waals surface area contributed by atoms with Gasteiger partial charge in [-0.1, -0.05) is 18.2 Å². The smallest absolute Gasteiger partial charge is 0.260 e. The Bertz CT molecular complexity index is 737. The summed E-state index contributed by atoms with van der Waals surface area (Å²) < 4.78 is 0. The molecule has 1 amide bonds. The van der Waals surface area contributed by atoms with Crippen molar-refractivity contribution in [1.82, 2.24) is 4.98 Å². The van der Waals surface area contributed by atoms with Gasteiger partial charge in [-0.05, 0) is 43.0 Å². The van der Waals surface area contributed by atoms with Crippen molar-refractivity contribution in [3.8, 4) is 0 Å². The van der Waals surface area contributed by atoms with Crippen molar-refractivity contribution < 1.29 is 4.79 Å². The lowest BCUT2D eigenvalue weighted by Crippen LogP contribution is -2.30. The third-order valence-electron chi connectivity index (χ3n) is 4.52. The molecule has 0 unspecified atom stereocenters. The summed E-state index contributed by atoms with van der Waals surface area (Å²) >= 11 is 0. The molecule has 0 spiro atoms. The topological polar surface area (TPSA) is 59.2 Å². The highest BCUT2D eigenvalue weighted by atomic mass is 16.2. The van der Waals surface area contributed by atoms with Crippen LogP contribution in [0.4, 0.5) is 5.69 Å². The van der Waals surface area contributed by atoms with E-state index in [0.717, 1.165) is 48.4 Å². The highest BCUT2D eigenvalue weighted by molar-refractivity contribution is 6.08. The minimum absolute atomic E-state index is 0.0721. The minimum Gasteiger partial charge on any atom is -0.325 e. The van der Waals surface area contributed by atoms with Crippen LogP contribution in [0.15, 0.2) is 36.4 Å². The molecule has 22 heavy (non-hydrogen) atoms. The summed E-state index contributed by atoms with van der Waals surface area (Å²) in [7, 11) is 0. The van der Waals surface area contributed by atoms with Crippen molar-refractivity contribution in [2.75, 3.05) is 11.4 Å². The van der Waals surface area contributed by atoms with Crippen LogP contribution < -0.4 is 10.6 Å². The van der Waals surface area contributed by atoms with Crippen molar-refractivity contribution in [2.45, 2.75) is 31.7 Å². The van der Waals surface area contributed by atoms with Crippen LogP contribution in [0.1, 0.15) is 46.1 Å². The van der Waals surface area contributed by atoms with Crippen LogP contribution in [-0.2, 0) is 13.0 Å². The summed E-state index contributed by atoms with van der Waals surface area (Å²) in [6, 6.07) is 11.9. The van der Waals surface area contributed by atoms with Crippen LogP contribution in [0.3, 0.4) is 0 Å². The standard InChI is InChI=1S/C18H19N3O/c19-11-14-7-8-15(17(20-14)13-5-6-13)18(22)21-10-9-12-3-1-2-4-16(12)21/h1-4,7-8,13H,5-6,9-11,19H2. The molecule has 2 heterocycles. The number of anilines is 1. The Morgan fingerprint density at radius 2 is 2.05 bits per heavy atom. The number of aromatic nitrogens is 1. The fourth-order valence-corrected chi connectivity index (χ4v) is 3.17. The average molecular weight is 293 g/mol. The van der Waals surface area contributed by atoms with Gasteiger partial charge < -0.3 is 10.6 Å². The van der Waals surface area contributed by atoms with Crippen LogP contribution in [0.25, 0.3) is 0 Å². The molecule has 0 atom stereocenters. The Labute approximate surface area is 130 Å². The highest BCUT2D eigenvalue weighted by Gasteiger charge is 2.33. The molecule has 2 aliphatic rings. The normalized spacial score (nSPS) is 16.7. The van der Waals surface area contributed by atoms with Gasteiger partial charge in [0.2, 0.25) is 0 Å². The number of hydrogen-bond donors (Lipinski definition) is 1. The first kappa shape index (κ1) is 13.5. The van der Waals surface area contributed by atoms with Gasteiger partial charge in [0.1, 0.15) is 0 Å². The Kier molecular flexibility index (Phi) is 3.19. The fourth-order valence-electron chi connectivity index (χ4n) is 3.17. The van der Waals surface area contributed by atoms with Crippen molar-refractivity contribution in [3.63, 3.8) is 0 Å². The van der Waals surface area contributed by atoms with Gasteiger partial charge in [0.05, 0.1) is 17.0 Å². The largest absolute Gasteiger partial charge is 0.325 e. The molecule has 1 aromatic carbocycles. The van der Waals surface area contributed by atoms with E-state index in [1.807, 2.05) is 35.2 Å². The molecule has 4 nitrogen and oxygen atoms in total. The number of pyridine rings is 1. The third kappa shape index (κ3) is 2.20. The van der Waals surface area contributed by atoms with Crippen molar-refractivity contribution >= 4 is 11.6 Å². The number of fused-ring (bicyclic) bond motifs is 1. The zero-order valence-corrected chi connectivity index (χ0v) is 12.5. The summed E-state index contributed by atoms with van der Waals surface area (Å²) in [5.41, 5.74) is 10.5. The number of para-hydroxylation sites is 1. The van der Waals surface area contributed by atoms with Crippen molar-refractivity contribution in [2.24, 2.45) is 5.73 Å². The number of hydrogen-bond acceptors (Lipinski definition) is 3. The molecule has 2 N–H and O–H groups in total. The van der Waals surface area contributed by atoms with Crippen molar-refractivity contribution in [1.29, 1.82) is 0 Å². The second kappa shape index (κ2) is 5.21. The van der Waals surface area contributed by atoms with E-state index < -0.39 is 0 Å². The van der Waals surface area contributed by atoms with E-state index in [4.69, 9.17) is 5.73 Å². The molecule has 112 valence electrons. The number of nitrogens with two attached hydrogens (primary N) is 1. The van der Waals surface area contributed by atoms with Gasteiger partial charge >= 0.3 is 0 Å². The van der Waals surface area contributed by atoms with Crippen LogP contribution in [-0.4, -0.2) is 17.4 Å². The van der Waals surface area contributed by atoms with E-state index in [0.29, 0.717) is 12.5 Å². The van der Waals surface area contributed by atoms with Gasteiger partial charge in [0.15, 0.2) is 0 Å². The van der Waals surface area contributed by atoms with Gasteiger partial charge in [-0.25, -0.2) is 0 Å². The van der Waals surface area contributed by atoms with E-state index in [1.165, 1.54) is 5.56 Å². The Balaban J connectivity index is 1.72. The Morgan fingerprint density at radius 3 is 2.82 bits per heavy atom. The first-order chi connectivity index (χ1) is 10.8. The predicted octanol–water partition coefficient (Wildman–Crippen LogP) is 2.62. The Morgan fingerprint density at radius 1 is 1.23 bits per heavy atom. The van der Waals surface area contributed by atoms with E-state index in [-0.39, 0.29) is 5.91 Å². The molecule has 1 aromatic heterocycles. The van der Waals surface area contributed by atoms with Gasteiger partial charge in [-0.15, -0.1) is 0 Å². The number of carbonyl (C=O) groups excluding carboxylic acids is 1. The predicted molar refractivity (Wildman–Crippen MR) is 85.9 cm³/mol. The van der Waals surface area contributed by atoms with E-state index in [9.17, 15) is 4.79 Å². The Hall–Kier alpha value is -2.20. The summed E-state index contributed by atoms with van der Waals surface area (Å²) in [5.74, 6) is 0.506. The van der Waals surface area contributed by atoms with Crippen LogP contribution in [0.5, 0.6) is 0 Å².